The van der Waals surface area contributed by atoms with Crippen LogP contribution in [0.4, 0.5) is 0 Å². The van der Waals surface area contributed by atoms with Crippen molar-refractivity contribution >= 4 is 23.5 Å². The molecular weight excluding hydrogens is 286 g/mol. The van der Waals surface area contributed by atoms with Crippen LogP contribution in [0.25, 0.3) is 0 Å². The standard InChI is InChI=1S/C15H29N3O2S/c1-3-7-15(8-4-2,13(16)18-20)14(19)17-11-12-5-9-21-10-6-12/h12,20H,3-11H2,1-2H3,(H2,16,18)(H,17,19). The normalized spacial score (nSPS) is 17.7. The SMILES string of the molecule is CCCC(CCC)(C(=O)NCC1CCSCC1)C(N)=NO. The summed E-state index contributed by atoms with van der Waals surface area (Å²) in [6.07, 6.45) is 5.19. The maximum Gasteiger partial charge on any atom is 0.233 e. The lowest BCUT2D eigenvalue weighted by atomic mass is 9.77. The fourth-order valence-electron chi connectivity index (χ4n) is 3.03. The van der Waals surface area contributed by atoms with Gasteiger partial charge in [-0.2, -0.15) is 11.8 Å². The van der Waals surface area contributed by atoms with Crippen LogP contribution in [0, 0.1) is 11.3 Å². The van der Waals surface area contributed by atoms with E-state index in [9.17, 15) is 4.79 Å². The maximum absolute atomic E-state index is 12.7. The van der Waals surface area contributed by atoms with E-state index in [1.807, 2.05) is 25.6 Å². The number of amides is 1. The van der Waals surface area contributed by atoms with E-state index in [0.717, 1.165) is 25.7 Å². The van der Waals surface area contributed by atoms with Crippen molar-refractivity contribution in [1.82, 2.24) is 5.32 Å². The lowest BCUT2D eigenvalue weighted by Gasteiger charge is -2.32. The Balaban J connectivity index is 2.73. The predicted octanol–water partition coefficient (Wildman–Crippen LogP) is 2.58. The second kappa shape index (κ2) is 9.18. The topological polar surface area (TPSA) is 87.7 Å². The van der Waals surface area contributed by atoms with Crippen LogP contribution in [0.3, 0.4) is 0 Å². The summed E-state index contributed by atoms with van der Waals surface area (Å²) in [7, 11) is 0. The van der Waals surface area contributed by atoms with Gasteiger partial charge in [0.15, 0.2) is 5.84 Å². The largest absolute Gasteiger partial charge is 0.409 e. The Bertz CT molecular complexity index is 349. The molecule has 1 aliphatic rings. The van der Waals surface area contributed by atoms with Crippen molar-refractivity contribution < 1.29 is 10.0 Å². The minimum atomic E-state index is -0.859. The van der Waals surface area contributed by atoms with Gasteiger partial charge in [-0.3, -0.25) is 4.79 Å². The molecule has 122 valence electrons. The number of hydrogen-bond donors (Lipinski definition) is 3. The second-order valence-corrected chi connectivity index (χ2v) is 7.06. The highest BCUT2D eigenvalue weighted by Gasteiger charge is 2.41. The number of nitrogens with two attached hydrogens (primary N) is 1. The van der Waals surface area contributed by atoms with E-state index in [1.165, 1.54) is 11.5 Å². The Hall–Kier alpha value is -0.910. The summed E-state index contributed by atoms with van der Waals surface area (Å²) < 4.78 is 0. The van der Waals surface area contributed by atoms with Crippen LogP contribution in [-0.2, 0) is 4.79 Å². The smallest absolute Gasteiger partial charge is 0.233 e. The van der Waals surface area contributed by atoms with Crippen molar-refractivity contribution in [3.05, 3.63) is 0 Å². The molecule has 0 bridgehead atoms. The predicted molar refractivity (Wildman–Crippen MR) is 88.7 cm³/mol. The molecule has 1 amide bonds. The highest BCUT2D eigenvalue weighted by Crippen LogP contribution is 2.31. The molecule has 1 fully saturated rings. The highest BCUT2D eigenvalue weighted by molar-refractivity contribution is 7.99. The van der Waals surface area contributed by atoms with Crippen LogP contribution >= 0.6 is 11.8 Å². The molecule has 0 saturated carbocycles. The lowest BCUT2D eigenvalue weighted by molar-refractivity contribution is -0.128. The average molecular weight is 315 g/mol. The van der Waals surface area contributed by atoms with E-state index in [4.69, 9.17) is 10.9 Å². The average Bonchev–Trinajstić information content (AvgIpc) is 2.52. The van der Waals surface area contributed by atoms with Gasteiger partial charge in [0.25, 0.3) is 0 Å². The number of nitrogens with one attached hydrogen (secondary N) is 1. The molecule has 1 rings (SSSR count). The third-order valence-corrected chi connectivity index (χ3v) is 5.33. The van der Waals surface area contributed by atoms with Crippen molar-refractivity contribution in [2.24, 2.45) is 22.2 Å². The van der Waals surface area contributed by atoms with Gasteiger partial charge in [0.05, 0.1) is 0 Å². The van der Waals surface area contributed by atoms with E-state index < -0.39 is 5.41 Å². The quantitative estimate of drug-likeness (QED) is 0.278. The van der Waals surface area contributed by atoms with Crippen LogP contribution in [0.5, 0.6) is 0 Å². The van der Waals surface area contributed by atoms with Gasteiger partial charge in [0.1, 0.15) is 5.41 Å². The Morgan fingerprint density at radius 2 is 1.90 bits per heavy atom. The molecule has 0 aromatic carbocycles. The Morgan fingerprint density at radius 3 is 2.38 bits per heavy atom. The number of oxime groups is 1. The molecular formula is C15H29N3O2S. The Kier molecular flexibility index (Phi) is 7.93. The molecule has 0 unspecified atom stereocenters. The summed E-state index contributed by atoms with van der Waals surface area (Å²) in [5.74, 6) is 2.87. The minimum Gasteiger partial charge on any atom is -0.409 e. The fraction of sp³-hybridized carbons (Fsp3) is 0.867. The Labute approximate surface area is 132 Å². The monoisotopic (exact) mass is 315 g/mol. The van der Waals surface area contributed by atoms with Gasteiger partial charge >= 0.3 is 0 Å². The third-order valence-electron chi connectivity index (χ3n) is 4.28. The minimum absolute atomic E-state index is 0.0444. The first-order chi connectivity index (χ1) is 10.1. The molecule has 0 radical (unpaired) electrons. The van der Waals surface area contributed by atoms with Gasteiger partial charge in [-0.15, -0.1) is 0 Å². The first kappa shape index (κ1) is 18.1. The zero-order valence-electron chi connectivity index (χ0n) is 13.2. The first-order valence-electron chi connectivity index (χ1n) is 7.94. The zero-order valence-corrected chi connectivity index (χ0v) is 14.0. The van der Waals surface area contributed by atoms with E-state index in [1.54, 1.807) is 0 Å². The summed E-state index contributed by atoms with van der Waals surface area (Å²) in [6, 6.07) is 0. The molecule has 0 aromatic heterocycles. The molecule has 5 nitrogen and oxygen atoms in total. The molecule has 0 aromatic rings. The molecule has 0 spiro atoms. The summed E-state index contributed by atoms with van der Waals surface area (Å²) in [6.45, 7) is 4.73. The number of amidine groups is 1. The van der Waals surface area contributed by atoms with Crippen molar-refractivity contribution in [3.8, 4) is 0 Å². The number of rotatable bonds is 8. The van der Waals surface area contributed by atoms with Gasteiger partial charge in [-0.05, 0) is 43.1 Å². The van der Waals surface area contributed by atoms with E-state index >= 15 is 0 Å². The van der Waals surface area contributed by atoms with Crippen LogP contribution in [0.1, 0.15) is 52.4 Å². The van der Waals surface area contributed by atoms with Gasteiger partial charge < -0.3 is 16.3 Å². The molecule has 21 heavy (non-hydrogen) atoms. The summed E-state index contributed by atoms with van der Waals surface area (Å²) in [4.78, 5) is 12.7. The number of nitrogens with zero attached hydrogens (tertiary/aromatic N) is 1. The third kappa shape index (κ3) is 4.80. The molecule has 1 heterocycles. The van der Waals surface area contributed by atoms with Crippen molar-refractivity contribution in [2.75, 3.05) is 18.1 Å². The lowest BCUT2D eigenvalue weighted by Crippen LogP contribution is -2.50. The maximum atomic E-state index is 12.7. The molecule has 1 aliphatic heterocycles. The fourth-order valence-corrected chi connectivity index (χ4v) is 4.23. The zero-order chi connectivity index (χ0) is 15.7. The van der Waals surface area contributed by atoms with E-state index in [-0.39, 0.29) is 11.7 Å². The highest BCUT2D eigenvalue weighted by atomic mass is 32.2. The van der Waals surface area contributed by atoms with Crippen molar-refractivity contribution in [2.45, 2.75) is 52.4 Å². The van der Waals surface area contributed by atoms with Gasteiger partial charge in [-0.25, -0.2) is 0 Å². The van der Waals surface area contributed by atoms with Crippen molar-refractivity contribution in [3.63, 3.8) is 0 Å². The summed E-state index contributed by atoms with van der Waals surface area (Å²) in [5.41, 5.74) is 5.01. The number of carbonyl (C=O) groups is 1. The number of thioether (sulfide) groups is 1. The number of carbonyl (C=O) groups excluding carboxylic acids is 1. The molecule has 1 saturated heterocycles. The number of hydrogen-bond acceptors (Lipinski definition) is 4. The first-order valence-corrected chi connectivity index (χ1v) is 9.10. The van der Waals surface area contributed by atoms with Crippen LogP contribution in [0.2, 0.25) is 0 Å². The van der Waals surface area contributed by atoms with Crippen LogP contribution in [-0.4, -0.2) is 35.0 Å². The van der Waals surface area contributed by atoms with Gasteiger partial charge in [-0.1, -0.05) is 31.8 Å². The van der Waals surface area contributed by atoms with E-state index in [0.29, 0.717) is 25.3 Å². The molecule has 6 heteroatoms. The van der Waals surface area contributed by atoms with Crippen LogP contribution in [0.15, 0.2) is 5.16 Å². The molecule has 0 aliphatic carbocycles. The molecule has 0 atom stereocenters. The molecule has 4 N–H and O–H groups in total. The summed E-state index contributed by atoms with van der Waals surface area (Å²) in [5, 5.41) is 15.3. The van der Waals surface area contributed by atoms with Crippen LogP contribution < -0.4 is 11.1 Å². The second-order valence-electron chi connectivity index (χ2n) is 5.83. The van der Waals surface area contributed by atoms with Gasteiger partial charge in [0, 0.05) is 6.54 Å². The Morgan fingerprint density at radius 1 is 1.33 bits per heavy atom. The van der Waals surface area contributed by atoms with Gasteiger partial charge in [0.2, 0.25) is 5.91 Å². The summed E-state index contributed by atoms with van der Waals surface area (Å²) >= 11 is 1.98. The van der Waals surface area contributed by atoms with Crippen molar-refractivity contribution in [1.29, 1.82) is 0 Å². The van der Waals surface area contributed by atoms with E-state index in [2.05, 4.69) is 10.5 Å².